The Morgan fingerprint density at radius 3 is 0.962 bits per heavy atom. The molecule has 53 heavy (non-hydrogen) atoms. The predicted molar refractivity (Wildman–Crippen MR) is 205 cm³/mol. The van der Waals surface area contributed by atoms with E-state index >= 15 is 0 Å². The van der Waals surface area contributed by atoms with Gasteiger partial charge >= 0.3 is 41.5 Å². The molecule has 5 N–H and O–H groups in total. The van der Waals surface area contributed by atoms with Gasteiger partial charge in [0.05, 0.1) is 18.9 Å². The summed E-state index contributed by atoms with van der Waals surface area (Å²) in [6.45, 7) is 3.46. The molecule has 0 fully saturated rings. The molecule has 2 amide bonds. The van der Waals surface area contributed by atoms with E-state index in [9.17, 15) is 60.4 Å². The average Bonchev–Trinajstić information content (AvgIpc) is 3.04. The number of carbonyl (C=O) groups excluding carboxylic acids is 2. The van der Waals surface area contributed by atoms with Crippen LogP contribution in [0, 0.1) is 0 Å². The van der Waals surface area contributed by atoms with E-state index in [0.717, 1.165) is 86.8 Å². The van der Waals surface area contributed by atoms with Gasteiger partial charge in [-0.2, -0.15) is 16.8 Å². The maximum absolute atomic E-state index is 13.2. The third-order valence-corrected chi connectivity index (χ3v) is 11.3. The summed E-state index contributed by atoms with van der Waals surface area (Å²) in [7, 11) is -10.3. The normalized spacial score (nSPS) is 13.5. The molecule has 0 aromatic rings. The molecule has 308 valence electrons. The molecule has 2 unspecified atom stereocenters. The molecule has 0 aliphatic heterocycles. The standard InChI is InChI=1S/C35H66N2O13S2.Na.H/c1-3-5-7-9-11-13-15-17-19-21-23-36(32(39)25-30(34(41)42)51(45,46)47)27-29(38)28-37(33(40)26-31(35(43)44)52(48,49)50)24-22-20-18-16-14-12-10-8-6-4-2;;/h29-31,38H,3-28H2,1-2H3,(H,41,42)(H,43,44)(H,45,46,47)(H,48,49,50);;. The van der Waals surface area contributed by atoms with Crippen molar-refractivity contribution in [2.24, 2.45) is 0 Å². The number of carboxylic acids is 2. The Balaban J connectivity index is 0. The van der Waals surface area contributed by atoms with Crippen LogP contribution in [0.25, 0.3) is 0 Å². The van der Waals surface area contributed by atoms with Gasteiger partial charge in [-0.1, -0.05) is 129 Å². The number of unbranched alkanes of at least 4 members (excludes halogenated alkanes) is 18. The van der Waals surface area contributed by atoms with Crippen molar-refractivity contribution in [1.29, 1.82) is 0 Å². The van der Waals surface area contributed by atoms with Crippen LogP contribution in [-0.2, 0) is 39.4 Å². The van der Waals surface area contributed by atoms with Gasteiger partial charge in [0.1, 0.15) is 0 Å². The van der Waals surface area contributed by atoms with Crippen molar-refractivity contribution in [3.8, 4) is 0 Å². The molecule has 0 aromatic heterocycles. The van der Waals surface area contributed by atoms with Gasteiger partial charge in [-0.3, -0.25) is 28.3 Å². The first-order valence-electron chi connectivity index (χ1n) is 19.1. The molecule has 0 saturated carbocycles. The third-order valence-electron chi connectivity index (χ3n) is 9.12. The van der Waals surface area contributed by atoms with Gasteiger partial charge in [-0.25, -0.2) is 0 Å². The van der Waals surface area contributed by atoms with E-state index in [1.165, 1.54) is 25.7 Å². The zero-order valence-corrected chi connectivity index (χ0v) is 33.0. The second-order valence-electron chi connectivity index (χ2n) is 13.8. The third kappa shape index (κ3) is 27.0. The van der Waals surface area contributed by atoms with Gasteiger partial charge in [0.25, 0.3) is 20.2 Å². The SMILES string of the molecule is CCCCCCCCCCCCN(CC(O)CN(CCCCCCCCCCCC)C(=O)CC(C(=O)O)S(=O)(=O)O)C(=O)CC(C(=O)O)S(=O)(=O)O.[NaH]. The van der Waals surface area contributed by atoms with Crippen LogP contribution >= 0.6 is 0 Å². The number of hydrogen-bond acceptors (Lipinski definition) is 9. The van der Waals surface area contributed by atoms with Crippen molar-refractivity contribution >= 4 is 73.5 Å². The van der Waals surface area contributed by atoms with Crippen LogP contribution in [-0.4, -0.2) is 147 Å². The molecule has 0 aliphatic carbocycles. The molecule has 0 radical (unpaired) electrons. The Hall–Kier alpha value is -1.34. The molecule has 0 aliphatic rings. The van der Waals surface area contributed by atoms with Crippen LogP contribution in [0.3, 0.4) is 0 Å². The predicted octanol–water partition coefficient (Wildman–Crippen LogP) is 4.66. The Bertz CT molecular complexity index is 1160. The van der Waals surface area contributed by atoms with E-state index in [1.807, 2.05) is 0 Å². The van der Waals surface area contributed by atoms with Gasteiger partial charge in [-0.15, -0.1) is 0 Å². The zero-order chi connectivity index (χ0) is 39.6. The Labute approximate surface area is 339 Å². The Morgan fingerprint density at radius 2 is 0.736 bits per heavy atom. The monoisotopic (exact) mass is 810 g/mol. The number of rotatable bonds is 34. The van der Waals surface area contributed by atoms with E-state index in [-0.39, 0.29) is 42.6 Å². The molecule has 0 spiro atoms. The summed E-state index contributed by atoms with van der Waals surface area (Å²) in [6.07, 6.45) is 16.1. The van der Waals surface area contributed by atoms with E-state index in [1.54, 1.807) is 0 Å². The van der Waals surface area contributed by atoms with E-state index in [4.69, 9.17) is 0 Å². The van der Waals surface area contributed by atoms with Crippen molar-refractivity contribution in [2.75, 3.05) is 26.2 Å². The van der Waals surface area contributed by atoms with Crippen LogP contribution in [0.15, 0.2) is 0 Å². The topological polar surface area (TPSA) is 244 Å². The average molecular weight is 811 g/mol. The van der Waals surface area contributed by atoms with Gasteiger partial charge < -0.3 is 25.1 Å². The molecule has 18 heteroatoms. The summed E-state index contributed by atoms with van der Waals surface area (Å²) < 4.78 is 65.5. The van der Waals surface area contributed by atoms with Gasteiger partial charge in [0.15, 0.2) is 10.5 Å². The number of aliphatic carboxylic acids is 2. The number of carboxylic acid groups (broad SMARTS) is 2. The molecule has 0 heterocycles. The summed E-state index contributed by atoms with van der Waals surface area (Å²) in [4.78, 5) is 51.6. The first-order chi connectivity index (χ1) is 24.4. The summed E-state index contributed by atoms with van der Waals surface area (Å²) in [5.41, 5.74) is 0. The van der Waals surface area contributed by atoms with Crippen LogP contribution in [0.4, 0.5) is 0 Å². The summed E-state index contributed by atoms with van der Waals surface area (Å²) >= 11 is 0. The number of aliphatic hydroxyl groups is 1. The number of aliphatic hydroxyl groups excluding tert-OH is 1. The van der Waals surface area contributed by atoms with E-state index in [0.29, 0.717) is 25.7 Å². The van der Waals surface area contributed by atoms with Crippen molar-refractivity contribution in [3.05, 3.63) is 0 Å². The van der Waals surface area contributed by atoms with E-state index in [2.05, 4.69) is 13.8 Å². The molecular formula is C35H67N2NaO13S2. The first kappa shape index (κ1) is 53.8. The molecule has 2 atom stereocenters. The number of hydrogen-bond donors (Lipinski definition) is 5. The molecule has 15 nitrogen and oxygen atoms in total. The fourth-order valence-corrected chi connectivity index (χ4v) is 7.21. The van der Waals surface area contributed by atoms with Crippen molar-refractivity contribution < 1.29 is 60.4 Å². The molecule has 0 rings (SSSR count). The van der Waals surface area contributed by atoms with Crippen LogP contribution < -0.4 is 0 Å². The number of nitrogens with zero attached hydrogens (tertiary/aromatic N) is 2. The quantitative estimate of drug-likeness (QED) is 0.0338. The van der Waals surface area contributed by atoms with Crippen molar-refractivity contribution in [2.45, 2.75) is 172 Å². The van der Waals surface area contributed by atoms with Crippen molar-refractivity contribution in [3.63, 3.8) is 0 Å². The van der Waals surface area contributed by atoms with Crippen LogP contribution in [0.5, 0.6) is 0 Å². The second-order valence-corrected chi connectivity index (χ2v) is 17.0. The minimum absolute atomic E-state index is 0. The maximum atomic E-state index is 13.2. The van der Waals surface area contributed by atoms with Gasteiger partial charge in [-0.05, 0) is 12.8 Å². The summed E-state index contributed by atoms with van der Waals surface area (Å²) in [5.74, 6) is -5.75. The number of amides is 2. The Kier molecular flexibility index (Phi) is 31.3. The van der Waals surface area contributed by atoms with E-state index < -0.39 is 86.5 Å². The summed E-state index contributed by atoms with van der Waals surface area (Å²) in [6, 6.07) is 0. The second kappa shape index (κ2) is 30.8. The molecule has 0 saturated heterocycles. The minimum atomic E-state index is -5.13. The van der Waals surface area contributed by atoms with Gasteiger partial charge in [0.2, 0.25) is 11.8 Å². The van der Waals surface area contributed by atoms with Gasteiger partial charge in [0, 0.05) is 26.2 Å². The fraction of sp³-hybridized carbons (Fsp3) is 0.886. The van der Waals surface area contributed by atoms with Crippen LogP contribution in [0.1, 0.15) is 155 Å². The molecule has 0 bridgehead atoms. The Morgan fingerprint density at radius 1 is 0.491 bits per heavy atom. The molecule has 0 aromatic carbocycles. The zero-order valence-electron chi connectivity index (χ0n) is 31.3. The fourth-order valence-electron chi connectivity index (χ4n) is 6.00. The van der Waals surface area contributed by atoms with Crippen molar-refractivity contribution in [1.82, 2.24) is 9.80 Å². The molecular weight excluding hydrogens is 744 g/mol. The first-order valence-corrected chi connectivity index (χ1v) is 22.1. The van der Waals surface area contributed by atoms with Crippen LogP contribution in [0.2, 0.25) is 0 Å². The number of carbonyl (C=O) groups is 4. The summed E-state index contributed by atoms with van der Waals surface area (Å²) in [5, 5.41) is 24.9.